The summed E-state index contributed by atoms with van der Waals surface area (Å²) in [6.45, 7) is 0. The molecule has 27 heavy (non-hydrogen) atoms. The maximum atomic E-state index is 13.5. The van der Waals surface area contributed by atoms with Crippen molar-refractivity contribution in [2.24, 2.45) is 5.73 Å². The Kier molecular flexibility index (Phi) is 5.46. The first-order valence-electron chi connectivity index (χ1n) is 7.72. The van der Waals surface area contributed by atoms with Gasteiger partial charge in [0.25, 0.3) is 5.91 Å². The summed E-state index contributed by atoms with van der Waals surface area (Å²) < 4.78 is 19.4. The van der Waals surface area contributed by atoms with Gasteiger partial charge in [-0.2, -0.15) is 0 Å². The number of anilines is 1. The van der Waals surface area contributed by atoms with Crippen LogP contribution < -0.4 is 15.8 Å². The van der Waals surface area contributed by atoms with E-state index in [4.69, 9.17) is 10.5 Å². The van der Waals surface area contributed by atoms with Crippen molar-refractivity contribution in [3.05, 3.63) is 82.2 Å². The smallest absolute Gasteiger partial charge is 0.255 e. The predicted molar refractivity (Wildman–Crippen MR) is 101 cm³/mol. The van der Waals surface area contributed by atoms with Gasteiger partial charge in [0.15, 0.2) is 0 Å². The van der Waals surface area contributed by atoms with Gasteiger partial charge in [0.2, 0.25) is 11.8 Å². The molecule has 0 fully saturated rings. The lowest BCUT2D eigenvalue weighted by molar-refractivity contribution is 0.0997. The minimum Gasteiger partial charge on any atom is -0.439 e. The Bertz CT molecular complexity index is 1010. The van der Waals surface area contributed by atoms with Gasteiger partial charge < -0.3 is 15.8 Å². The van der Waals surface area contributed by atoms with E-state index >= 15 is 0 Å². The van der Waals surface area contributed by atoms with Crippen molar-refractivity contribution >= 4 is 33.4 Å². The molecule has 6 nitrogen and oxygen atoms in total. The number of carbonyl (C=O) groups is 2. The van der Waals surface area contributed by atoms with Gasteiger partial charge in [-0.3, -0.25) is 9.59 Å². The molecular formula is C19H13BrFN3O3. The zero-order valence-corrected chi connectivity index (χ0v) is 15.4. The Labute approximate surface area is 162 Å². The van der Waals surface area contributed by atoms with Crippen molar-refractivity contribution in [2.75, 3.05) is 5.32 Å². The number of nitrogens with one attached hydrogen (secondary N) is 1. The van der Waals surface area contributed by atoms with Gasteiger partial charge in [-0.05, 0) is 58.4 Å². The topological polar surface area (TPSA) is 94.3 Å². The number of hydrogen-bond acceptors (Lipinski definition) is 4. The summed E-state index contributed by atoms with van der Waals surface area (Å²) >= 11 is 3.04. The number of primary amides is 1. The number of aromatic nitrogens is 1. The van der Waals surface area contributed by atoms with Crippen LogP contribution in [0.5, 0.6) is 11.6 Å². The van der Waals surface area contributed by atoms with E-state index in [1.165, 1.54) is 24.4 Å². The monoisotopic (exact) mass is 429 g/mol. The summed E-state index contributed by atoms with van der Waals surface area (Å²) in [5.74, 6) is -0.880. The largest absolute Gasteiger partial charge is 0.439 e. The number of ether oxygens (including phenoxy) is 1. The molecular weight excluding hydrogens is 417 g/mol. The molecule has 0 unspecified atom stereocenters. The predicted octanol–water partition coefficient (Wildman–Crippen LogP) is 4.13. The number of hydrogen-bond donors (Lipinski definition) is 2. The summed E-state index contributed by atoms with van der Waals surface area (Å²) in [7, 11) is 0. The fraction of sp³-hybridized carbons (Fsp3) is 0. The minimum absolute atomic E-state index is 0.180. The molecule has 0 aliphatic rings. The van der Waals surface area contributed by atoms with E-state index in [-0.39, 0.29) is 15.9 Å². The van der Waals surface area contributed by atoms with Crippen LogP contribution >= 0.6 is 15.9 Å². The van der Waals surface area contributed by atoms with E-state index < -0.39 is 17.6 Å². The van der Waals surface area contributed by atoms with Crippen LogP contribution in [-0.4, -0.2) is 16.8 Å². The highest BCUT2D eigenvalue weighted by atomic mass is 79.9. The average molecular weight is 430 g/mol. The van der Waals surface area contributed by atoms with E-state index in [2.05, 4.69) is 26.2 Å². The Morgan fingerprint density at radius 3 is 2.56 bits per heavy atom. The number of nitrogens with two attached hydrogens (primary N) is 1. The Morgan fingerprint density at radius 1 is 1.07 bits per heavy atom. The standard InChI is InChI=1S/C19H13BrFN3O3/c20-15-6-4-12(9-16(15)21)19(26)24-13-5-7-17(23-10-13)27-14-3-1-2-11(8-14)18(22)25/h1-10H,(H2,22,25)(H,24,26). The van der Waals surface area contributed by atoms with E-state index in [1.807, 2.05) is 0 Å². The normalized spacial score (nSPS) is 10.3. The molecule has 3 rings (SSSR count). The molecule has 0 saturated carbocycles. The minimum atomic E-state index is -0.559. The molecule has 0 saturated heterocycles. The van der Waals surface area contributed by atoms with Crippen molar-refractivity contribution in [3.63, 3.8) is 0 Å². The third kappa shape index (κ3) is 4.68. The Morgan fingerprint density at radius 2 is 1.89 bits per heavy atom. The second-order valence-corrected chi connectivity index (χ2v) is 6.32. The number of pyridine rings is 1. The maximum absolute atomic E-state index is 13.5. The van der Waals surface area contributed by atoms with Crippen LogP contribution in [-0.2, 0) is 0 Å². The molecule has 3 N–H and O–H groups in total. The van der Waals surface area contributed by atoms with Crippen LogP contribution in [0.3, 0.4) is 0 Å². The van der Waals surface area contributed by atoms with Gasteiger partial charge in [0.05, 0.1) is 16.4 Å². The molecule has 0 aliphatic heterocycles. The molecule has 2 amide bonds. The van der Waals surface area contributed by atoms with Crippen LogP contribution in [0.4, 0.5) is 10.1 Å². The molecule has 0 aliphatic carbocycles. The fourth-order valence-corrected chi connectivity index (χ4v) is 2.44. The highest BCUT2D eigenvalue weighted by molar-refractivity contribution is 9.10. The van der Waals surface area contributed by atoms with Gasteiger partial charge in [-0.15, -0.1) is 0 Å². The number of amides is 2. The molecule has 8 heteroatoms. The zero-order valence-electron chi connectivity index (χ0n) is 13.8. The fourth-order valence-electron chi connectivity index (χ4n) is 2.19. The van der Waals surface area contributed by atoms with E-state index in [9.17, 15) is 14.0 Å². The Balaban J connectivity index is 1.68. The van der Waals surface area contributed by atoms with E-state index in [0.29, 0.717) is 17.0 Å². The van der Waals surface area contributed by atoms with Gasteiger partial charge >= 0.3 is 0 Å². The third-order valence-electron chi connectivity index (χ3n) is 3.52. The first-order chi connectivity index (χ1) is 12.9. The van der Waals surface area contributed by atoms with Crippen LogP contribution in [0.15, 0.2) is 65.3 Å². The lowest BCUT2D eigenvalue weighted by Crippen LogP contribution is -2.12. The summed E-state index contributed by atoms with van der Waals surface area (Å²) in [6, 6.07) is 13.6. The van der Waals surface area contributed by atoms with Gasteiger partial charge in [-0.25, -0.2) is 9.37 Å². The van der Waals surface area contributed by atoms with Crippen molar-refractivity contribution < 1.29 is 18.7 Å². The van der Waals surface area contributed by atoms with Crippen LogP contribution in [0.1, 0.15) is 20.7 Å². The summed E-state index contributed by atoms with van der Waals surface area (Å²) in [5.41, 5.74) is 6.15. The zero-order chi connectivity index (χ0) is 19.4. The van der Waals surface area contributed by atoms with Gasteiger partial charge in [0.1, 0.15) is 11.6 Å². The van der Waals surface area contributed by atoms with E-state index in [1.54, 1.807) is 30.3 Å². The molecule has 0 spiro atoms. The molecule has 0 radical (unpaired) electrons. The van der Waals surface area contributed by atoms with Gasteiger partial charge in [-0.1, -0.05) is 6.07 Å². The molecule has 1 aromatic heterocycles. The summed E-state index contributed by atoms with van der Waals surface area (Å²) in [6.07, 6.45) is 1.40. The second kappa shape index (κ2) is 7.96. The van der Waals surface area contributed by atoms with Gasteiger partial charge in [0, 0.05) is 17.2 Å². The first kappa shape index (κ1) is 18.5. The molecule has 3 aromatic rings. The molecule has 1 heterocycles. The second-order valence-electron chi connectivity index (χ2n) is 5.46. The number of carbonyl (C=O) groups excluding carboxylic acids is 2. The van der Waals surface area contributed by atoms with E-state index in [0.717, 1.165) is 6.07 Å². The first-order valence-corrected chi connectivity index (χ1v) is 8.52. The SMILES string of the molecule is NC(=O)c1cccc(Oc2ccc(NC(=O)c3ccc(Br)c(F)c3)cn2)c1. The lowest BCUT2D eigenvalue weighted by atomic mass is 10.2. The Hall–Kier alpha value is -3.26. The van der Waals surface area contributed by atoms with Crippen LogP contribution in [0.25, 0.3) is 0 Å². The highest BCUT2D eigenvalue weighted by Crippen LogP contribution is 2.22. The van der Waals surface area contributed by atoms with Crippen molar-refractivity contribution in [3.8, 4) is 11.6 Å². The van der Waals surface area contributed by atoms with Crippen molar-refractivity contribution in [2.45, 2.75) is 0 Å². The third-order valence-corrected chi connectivity index (χ3v) is 4.16. The number of rotatable bonds is 5. The summed E-state index contributed by atoms with van der Waals surface area (Å²) in [5, 5.41) is 2.62. The maximum Gasteiger partial charge on any atom is 0.255 e. The van der Waals surface area contributed by atoms with Crippen molar-refractivity contribution in [1.82, 2.24) is 4.98 Å². The molecule has 0 atom stereocenters. The molecule has 136 valence electrons. The summed E-state index contributed by atoms with van der Waals surface area (Å²) in [4.78, 5) is 27.4. The lowest BCUT2D eigenvalue weighted by Gasteiger charge is -2.08. The van der Waals surface area contributed by atoms with Crippen molar-refractivity contribution in [1.29, 1.82) is 0 Å². The molecule has 2 aromatic carbocycles. The average Bonchev–Trinajstić information content (AvgIpc) is 2.65. The number of benzene rings is 2. The quantitative estimate of drug-likeness (QED) is 0.637. The highest BCUT2D eigenvalue weighted by Gasteiger charge is 2.10. The van der Waals surface area contributed by atoms with Crippen LogP contribution in [0.2, 0.25) is 0 Å². The number of nitrogens with zero attached hydrogens (tertiary/aromatic N) is 1. The molecule has 0 bridgehead atoms. The number of halogens is 2. The van der Waals surface area contributed by atoms with Crippen LogP contribution in [0, 0.1) is 5.82 Å².